The van der Waals surface area contributed by atoms with Crippen LogP contribution in [0.2, 0.25) is 0 Å². The lowest BCUT2D eigenvalue weighted by atomic mass is 9.95. The van der Waals surface area contributed by atoms with Gasteiger partial charge in [-0.15, -0.1) is 0 Å². The Morgan fingerprint density at radius 2 is 1.44 bits per heavy atom. The van der Waals surface area contributed by atoms with Gasteiger partial charge in [0.15, 0.2) is 0 Å². The van der Waals surface area contributed by atoms with Crippen LogP contribution in [0.4, 0.5) is 0 Å². The summed E-state index contributed by atoms with van der Waals surface area (Å²) in [6.45, 7) is 9.49. The minimum Gasteiger partial charge on any atom is -0.481 e. The molecule has 0 bridgehead atoms. The summed E-state index contributed by atoms with van der Waals surface area (Å²) in [5.41, 5.74) is 6.31. The van der Waals surface area contributed by atoms with Crippen molar-refractivity contribution in [2.45, 2.75) is 40.7 Å². The van der Waals surface area contributed by atoms with E-state index < -0.39 is 5.97 Å². The molecule has 3 nitrogen and oxygen atoms in total. The van der Waals surface area contributed by atoms with Crippen LogP contribution >= 0.6 is 0 Å². The Morgan fingerprint density at radius 1 is 0.926 bits per heavy atom. The number of benzene rings is 2. The molecule has 0 amide bonds. The molecule has 0 radical (unpaired) electrons. The summed E-state index contributed by atoms with van der Waals surface area (Å²) in [7, 11) is 0. The number of rotatable bonds is 5. The van der Waals surface area contributed by atoms with E-state index in [2.05, 4.69) is 49.6 Å². The third-order valence-corrected chi connectivity index (χ3v) is 4.72. The molecule has 3 rings (SSSR count). The van der Waals surface area contributed by atoms with Gasteiger partial charge in [-0.05, 0) is 29.0 Å². The normalized spacial score (nSPS) is 11.6. The van der Waals surface area contributed by atoms with Crippen LogP contribution < -0.4 is 0 Å². The Balaban J connectivity index is 2.37. The zero-order valence-electron chi connectivity index (χ0n) is 16.5. The molecule has 2 aromatic carbocycles. The molecule has 140 valence electrons. The average molecular weight is 361 g/mol. The number of carboxylic acids is 1. The molecule has 3 heteroatoms. The molecule has 0 unspecified atom stereocenters. The largest absolute Gasteiger partial charge is 0.481 e. The van der Waals surface area contributed by atoms with Gasteiger partial charge in [0.1, 0.15) is 0 Å². The molecule has 1 aromatic heterocycles. The van der Waals surface area contributed by atoms with E-state index in [1.807, 2.05) is 43.3 Å². The predicted molar refractivity (Wildman–Crippen MR) is 111 cm³/mol. The van der Waals surface area contributed by atoms with E-state index in [0.29, 0.717) is 0 Å². The van der Waals surface area contributed by atoms with Crippen LogP contribution in [0.15, 0.2) is 60.7 Å². The molecule has 0 spiro atoms. The maximum absolute atomic E-state index is 11.6. The van der Waals surface area contributed by atoms with Crippen molar-refractivity contribution in [2.75, 3.05) is 0 Å². The highest BCUT2D eigenvalue weighted by Crippen LogP contribution is 2.40. The number of nitrogens with zero attached hydrogens (tertiary/aromatic N) is 1. The lowest BCUT2D eigenvalue weighted by Crippen LogP contribution is -2.17. The highest BCUT2D eigenvalue weighted by Gasteiger charge is 2.26. The van der Waals surface area contributed by atoms with Gasteiger partial charge in [-0.3, -0.25) is 4.79 Å². The van der Waals surface area contributed by atoms with Gasteiger partial charge >= 0.3 is 5.97 Å². The van der Waals surface area contributed by atoms with Crippen molar-refractivity contribution in [1.82, 2.24) is 4.57 Å². The van der Waals surface area contributed by atoms with Gasteiger partial charge in [0.2, 0.25) is 0 Å². The molecule has 1 N–H and O–H groups in total. The summed E-state index contributed by atoms with van der Waals surface area (Å²) in [5.74, 6) is -0.803. The number of hydrogen-bond acceptors (Lipinski definition) is 1. The molecule has 0 saturated carbocycles. The number of aromatic nitrogens is 1. The van der Waals surface area contributed by atoms with Gasteiger partial charge in [-0.2, -0.15) is 0 Å². The monoisotopic (exact) mass is 361 g/mol. The Kier molecular flexibility index (Phi) is 5.22. The second-order valence-corrected chi connectivity index (χ2v) is 8.24. The van der Waals surface area contributed by atoms with Crippen LogP contribution in [-0.4, -0.2) is 15.6 Å². The quantitative estimate of drug-likeness (QED) is 0.624. The third kappa shape index (κ3) is 4.13. The van der Waals surface area contributed by atoms with Crippen molar-refractivity contribution in [3.8, 4) is 22.4 Å². The molecule has 0 aliphatic heterocycles. The Morgan fingerprint density at radius 3 is 1.93 bits per heavy atom. The highest BCUT2D eigenvalue weighted by atomic mass is 16.4. The molecular weight excluding hydrogens is 334 g/mol. The molecule has 1 heterocycles. The first-order chi connectivity index (χ1) is 12.8. The maximum Gasteiger partial charge on any atom is 0.307 e. The molecule has 0 aliphatic carbocycles. The standard InChI is InChI=1S/C24H27NO2/c1-17-20(15-21(26)27)22(18-11-7-5-8-12-18)23(19-13-9-6-10-14-19)25(17)16-24(2,3)4/h5-14H,15-16H2,1-4H3,(H,26,27). The zero-order chi connectivity index (χ0) is 19.6. The lowest BCUT2D eigenvalue weighted by Gasteiger charge is -2.23. The van der Waals surface area contributed by atoms with Crippen LogP contribution in [0.1, 0.15) is 32.0 Å². The Hall–Kier alpha value is -2.81. The fourth-order valence-electron chi connectivity index (χ4n) is 3.64. The smallest absolute Gasteiger partial charge is 0.307 e. The number of hydrogen-bond donors (Lipinski definition) is 1. The van der Waals surface area contributed by atoms with Gasteiger partial charge in [0, 0.05) is 17.8 Å². The number of carboxylic acid groups (broad SMARTS) is 1. The first-order valence-electron chi connectivity index (χ1n) is 9.32. The summed E-state index contributed by atoms with van der Waals surface area (Å²) in [4.78, 5) is 11.6. The first-order valence-corrected chi connectivity index (χ1v) is 9.32. The Bertz CT molecular complexity index is 932. The van der Waals surface area contributed by atoms with Gasteiger partial charge < -0.3 is 9.67 Å². The molecule has 0 atom stereocenters. The van der Waals surface area contributed by atoms with Crippen molar-refractivity contribution in [1.29, 1.82) is 0 Å². The van der Waals surface area contributed by atoms with Crippen molar-refractivity contribution in [2.24, 2.45) is 5.41 Å². The van der Waals surface area contributed by atoms with E-state index in [0.717, 1.165) is 40.2 Å². The number of aliphatic carboxylic acids is 1. The van der Waals surface area contributed by atoms with Crippen molar-refractivity contribution < 1.29 is 9.90 Å². The molecular formula is C24H27NO2. The summed E-state index contributed by atoms with van der Waals surface area (Å²) in [6.07, 6.45) is 0.0209. The van der Waals surface area contributed by atoms with Crippen LogP contribution in [-0.2, 0) is 17.8 Å². The molecule has 0 aliphatic rings. The van der Waals surface area contributed by atoms with Crippen LogP contribution in [0.25, 0.3) is 22.4 Å². The van der Waals surface area contributed by atoms with E-state index in [4.69, 9.17) is 0 Å². The molecule has 3 aromatic rings. The van der Waals surface area contributed by atoms with Crippen molar-refractivity contribution in [3.05, 3.63) is 71.9 Å². The fraction of sp³-hybridized carbons (Fsp3) is 0.292. The SMILES string of the molecule is Cc1c(CC(=O)O)c(-c2ccccc2)c(-c2ccccc2)n1CC(C)(C)C. The highest BCUT2D eigenvalue weighted by molar-refractivity contribution is 5.88. The minimum atomic E-state index is -0.803. The van der Waals surface area contributed by atoms with Crippen LogP contribution in [0.3, 0.4) is 0 Å². The van der Waals surface area contributed by atoms with Gasteiger partial charge in [-0.25, -0.2) is 0 Å². The molecule has 0 saturated heterocycles. The Labute approximate surface area is 161 Å². The second kappa shape index (κ2) is 7.43. The van der Waals surface area contributed by atoms with Crippen LogP contribution in [0, 0.1) is 12.3 Å². The van der Waals surface area contributed by atoms with E-state index in [-0.39, 0.29) is 11.8 Å². The van der Waals surface area contributed by atoms with E-state index in [9.17, 15) is 9.90 Å². The van der Waals surface area contributed by atoms with Crippen LogP contribution in [0.5, 0.6) is 0 Å². The van der Waals surface area contributed by atoms with E-state index in [1.165, 1.54) is 0 Å². The topological polar surface area (TPSA) is 42.2 Å². The first kappa shape index (κ1) is 19.0. The number of carbonyl (C=O) groups is 1. The summed E-state index contributed by atoms with van der Waals surface area (Å²) in [6, 6.07) is 20.4. The molecule has 0 fully saturated rings. The zero-order valence-corrected chi connectivity index (χ0v) is 16.5. The van der Waals surface area contributed by atoms with Gasteiger partial charge in [0.25, 0.3) is 0 Å². The summed E-state index contributed by atoms with van der Waals surface area (Å²) < 4.78 is 2.30. The van der Waals surface area contributed by atoms with Crippen molar-refractivity contribution in [3.63, 3.8) is 0 Å². The van der Waals surface area contributed by atoms with Gasteiger partial charge in [-0.1, -0.05) is 81.4 Å². The minimum absolute atomic E-state index is 0.0209. The fourth-order valence-corrected chi connectivity index (χ4v) is 3.64. The molecule has 27 heavy (non-hydrogen) atoms. The van der Waals surface area contributed by atoms with Crippen molar-refractivity contribution >= 4 is 5.97 Å². The lowest BCUT2D eigenvalue weighted by molar-refractivity contribution is -0.136. The maximum atomic E-state index is 11.6. The summed E-state index contributed by atoms with van der Waals surface area (Å²) in [5, 5.41) is 9.56. The second-order valence-electron chi connectivity index (χ2n) is 8.24. The predicted octanol–water partition coefficient (Wildman–Crippen LogP) is 5.80. The van der Waals surface area contributed by atoms with E-state index in [1.54, 1.807) is 0 Å². The summed E-state index contributed by atoms with van der Waals surface area (Å²) >= 11 is 0. The third-order valence-electron chi connectivity index (χ3n) is 4.72. The van der Waals surface area contributed by atoms with Gasteiger partial charge in [0.05, 0.1) is 12.1 Å². The van der Waals surface area contributed by atoms with E-state index >= 15 is 0 Å². The average Bonchev–Trinajstić information content (AvgIpc) is 2.87.